The van der Waals surface area contributed by atoms with Gasteiger partial charge in [-0.2, -0.15) is 0 Å². The average molecular weight is 365 g/mol. The molecule has 9 nitrogen and oxygen atoms in total. The molecule has 1 amide bonds. The molecule has 1 aromatic carbocycles. The minimum atomic E-state index is -3.92. The summed E-state index contributed by atoms with van der Waals surface area (Å²) in [6.45, 7) is 4.87. The van der Waals surface area contributed by atoms with Crippen molar-refractivity contribution in [2.75, 3.05) is 17.9 Å². The third-order valence-electron chi connectivity index (χ3n) is 3.07. The average Bonchev–Trinajstić information content (AvgIpc) is 2.51. The summed E-state index contributed by atoms with van der Waals surface area (Å²) >= 11 is 0. The molecule has 25 heavy (non-hydrogen) atoms. The number of benzene rings is 1. The van der Waals surface area contributed by atoms with Crippen molar-refractivity contribution in [3.63, 3.8) is 0 Å². The first kappa shape index (κ1) is 18.6. The second kappa shape index (κ2) is 7.45. The predicted molar refractivity (Wildman–Crippen MR) is 92.7 cm³/mol. The maximum Gasteiger partial charge on any atom is 0.257 e. The molecular weight excluding hydrogens is 346 g/mol. The number of hydrogen-bond acceptors (Lipinski definition) is 7. The van der Waals surface area contributed by atoms with Crippen LogP contribution in [0.15, 0.2) is 29.2 Å². The number of hydrogen-bond donors (Lipinski definition) is 3. The number of methoxy groups -OCH3 is 1. The smallest absolute Gasteiger partial charge is 0.257 e. The van der Waals surface area contributed by atoms with Gasteiger partial charge in [-0.15, -0.1) is 4.83 Å². The molecule has 0 radical (unpaired) electrons. The molecule has 1 heterocycles. The van der Waals surface area contributed by atoms with Crippen molar-refractivity contribution < 1.29 is 17.9 Å². The number of amides is 1. The van der Waals surface area contributed by atoms with Crippen LogP contribution in [0.4, 0.5) is 11.6 Å². The van der Waals surface area contributed by atoms with Crippen molar-refractivity contribution in [1.82, 2.24) is 14.8 Å². The summed E-state index contributed by atoms with van der Waals surface area (Å²) < 4.78 is 30.0. The van der Waals surface area contributed by atoms with E-state index in [9.17, 15) is 13.2 Å². The Labute approximate surface area is 145 Å². The molecule has 0 bridgehead atoms. The summed E-state index contributed by atoms with van der Waals surface area (Å²) in [7, 11) is -2.49. The Morgan fingerprint density at radius 1 is 1.12 bits per heavy atom. The largest absolute Gasteiger partial charge is 0.495 e. The van der Waals surface area contributed by atoms with E-state index in [1.807, 2.05) is 0 Å². The maximum atomic E-state index is 12.4. The van der Waals surface area contributed by atoms with E-state index in [2.05, 4.69) is 25.5 Å². The van der Waals surface area contributed by atoms with Crippen molar-refractivity contribution in [2.45, 2.75) is 25.7 Å². The van der Waals surface area contributed by atoms with Gasteiger partial charge >= 0.3 is 0 Å². The third kappa shape index (κ3) is 4.88. The number of nitrogens with one attached hydrogen (secondary N) is 3. The molecule has 134 valence electrons. The first-order chi connectivity index (χ1) is 11.7. The summed E-state index contributed by atoms with van der Waals surface area (Å²) in [5.41, 5.74) is 4.13. The van der Waals surface area contributed by atoms with Crippen LogP contribution in [0.25, 0.3) is 0 Å². The summed E-state index contributed by atoms with van der Waals surface area (Å²) in [5.74, 6) is 0.138. The lowest BCUT2D eigenvalue weighted by atomic mass is 10.3. The highest BCUT2D eigenvalue weighted by atomic mass is 32.2. The minimum absolute atomic E-state index is 0.0612. The first-order valence-corrected chi connectivity index (χ1v) is 8.75. The van der Waals surface area contributed by atoms with Gasteiger partial charge in [-0.3, -0.25) is 10.2 Å². The van der Waals surface area contributed by atoms with E-state index < -0.39 is 10.0 Å². The number of aromatic nitrogens is 2. The van der Waals surface area contributed by atoms with Crippen LogP contribution in [0.5, 0.6) is 5.75 Å². The predicted octanol–water partition coefficient (Wildman–Crippen LogP) is 1.37. The van der Waals surface area contributed by atoms with Crippen LogP contribution in [0.2, 0.25) is 0 Å². The van der Waals surface area contributed by atoms with Crippen LogP contribution in [0.1, 0.15) is 18.3 Å². The van der Waals surface area contributed by atoms with Gasteiger partial charge in [0, 0.05) is 18.3 Å². The topological polar surface area (TPSA) is 122 Å². The normalized spacial score (nSPS) is 11.0. The van der Waals surface area contributed by atoms with E-state index in [4.69, 9.17) is 4.74 Å². The van der Waals surface area contributed by atoms with Crippen molar-refractivity contribution in [3.05, 3.63) is 35.7 Å². The molecule has 0 atom stereocenters. The number of nitrogens with zero attached hydrogens (tertiary/aromatic N) is 2. The van der Waals surface area contributed by atoms with Crippen molar-refractivity contribution in [2.24, 2.45) is 0 Å². The van der Waals surface area contributed by atoms with Gasteiger partial charge in [0.1, 0.15) is 5.75 Å². The standard InChI is InChI=1S/C15H19N5O4S/c1-9-7-10(2)17-15(16-9)19-20-25(22,23)12-5-6-14(24-4)13(8-12)18-11(3)21/h5-8,20H,1-4H3,(H,18,21)(H,16,17,19). The minimum Gasteiger partial charge on any atom is -0.495 e. The highest BCUT2D eigenvalue weighted by Crippen LogP contribution is 2.27. The molecule has 3 N–H and O–H groups in total. The molecule has 0 spiro atoms. The Balaban J connectivity index is 2.25. The van der Waals surface area contributed by atoms with Crippen LogP contribution in [0.3, 0.4) is 0 Å². The van der Waals surface area contributed by atoms with Crippen LogP contribution in [0, 0.1) is 13.8 Å². The Kier molecular flexibility index (Phi) is 5.55. The molecule has 0 saturated heterocycles. The molecule has 0 saturated carbocycles. The molecule has 2 aromatic rings. The molecule has 0 aliphatic heterocycles. The highest BCUT2D eigenvalue weighted by Gasteiger charge is 2.17. The lowest BCUT2D eigenvalue weighted by Gasteiger charge is -2.13. The van der Waals surface area contributed by atoms with Crippen molar-refractivity contribution in [1.29, 1.82) is 0 Å². The second-order valence-electron chi connectivity index (χ2n) is 5.25. The quantitative estimate of drug-likeness (QED) is 0.661. The number of aryl methyl sites for hydroxylation is 2. The van der Waals surface area contributed by atoms with Gasteiger partial charge in [0.25, 0.3) is 10.0 Å². The molecule has 2 rings (SSSR count). The summed E-state index contributed by atoms with van der Waals surface area (Å²) in [5, 5.41) is 2.52. The Hall–Kier alpha value is -2.72. The lowest BCUT2D eigenvalue weighted by Crippen LogP contribution is -2.30. The number of carbonyl (C=O) groups is 1. The summed E-state index contributed by atoms with van der Waals surface area (Å²) in [6, 6.07) is 5.87. The molecule has 1 aromatic heterocycles. The zero-order chi connectivity index (χ0) is 18.6. The van der Waals surface area contributed by atoms with Gasteiger partial charge in [-0.05, 0) is 38.1 Å². The van der Waals surface area contributed by atoms with E-state index in [1.165, 1.54) is 32.2 Å². The van der Waals surface area contributed by atoms with Crippen LogP contribution >= 0.6 is 0 Å². The van der Waals surface area contributed by atoms with E-state index in [-0.39, 0.29) is 22.4 Å². The zero-order valence-electron chi connectivity index (χ0n) is 14.2. The zero-order valence-corrected chi connectivity index (χ0v) is 15.1. The molecule has 0 aliphatic rings. The number of sulfonamides is 1. The van der Waals surface area contributed by atoms with Gasteiger partial charge in [-0.1, -0.05) is 0 Å². The van der Waals surface area contributed by atoms with Crippen LogP contribution in [-0.4, -0.2) is 31.4 Å². The first-order valence-electron chi connectivity index (χ1n) is 7.27. The van der Waals surface area contributed by atoms with Crippen LogP contribution < -0.4 is 20.3 Å². The molecular formula is C15H19N5O4S. The highest BCUT2D eigenvalue weighted by molar-refractivity contribution is 7.89. The Bertz CT molecular complexity index is 879. The van der Waals surface area contributed by atoms with Gasteiger partial charge < -0.3 is 10.1 Å². The lowest BCUT2D eigenvalue weighted by molar-refractivity contribution is -0.114. The van der Waals surface area contributed by atoms with Gasteiger partial charge in [-0.25, -0.2) is 18.4 Å². The van der Waals surface area contributed by atoms with E-state index in [0.29, 0.717) is 17.1 Å². The third-order valence-corrected chi connectivity index (χ3v) is 4.32. The fourth-order valence-electron chi connectivity index (χ4n) is 2.10. The molecule has 0 fully saturated rings. The second-order valence-corrected chi connectivity index (χ2v) is 6.93. The van der Waals surface area contributed by atoms with Crippen molar-refractivity contribution >= 4 is 27.6 Å². The summed E-state index contributed by atoms with van der Waals surface area (Å²) in [6.07, 6.45) is 0. The van der Waals surface area contributed by atoms with Gasteiger partial charge in [0.15, 0.2) is 0 Å². The number of carbonyl (C=O) groups excluding carboxylic acids is 1. The van der Waals surface area contributed by atoms with E-state index >= 15 is 0 Å². The molecule has 10 heteroatoms. The number of hydrazine groups is 1. The maximum absolute atomic E-state index is 12.4. The van der Waals surface area contributed by atoms with Crippen LogP contribution in [-0.2, 0) is 14.8 Å². The SMILES string of the molecule is COc1ccc(S(=O)(=O)NNc2nc(C)cc(C)n2)cc1NC(C)=O. The van der Waals surface area contributed by atoms with E-state index in [0.717, 1.165) is 0 Å². The van der Waals surface area contributed by atoms with Gasteiger partial charge in [0.05, 0.1) is 17.7 Å². The number of anilines is 2. The fourth-order valence-corrected chi connectivity index (χ4v) is 2.96. The Morgan fingerprint density at radius 2 is 1.76 bits per heavy atom. The molecule has 0 aliphatic carbocycles. The summed E-state index contributed by atoms with van der Waals surface area (Å²) in [4.78, 5) is 21.6. The van der Waals surface area contributed by atoms with Gasteiger partial charge in [0.2, 0.25) is 11.9 Å². The van der Waals surface area contributed by atoms with E-state index in [1.54, 1.807) is 19.9 Å². The monoisotopic (exact) mass is 365 g/mol. The number of rotatable bonds is 6. The fraction of sp³-hybridized carbons (Fsp3) is 0.267. The molecule has 0 unspecified atom stereocenters. The Morgan fingerprint density at radius 3 is 2.32 bits per heavy atom. The van der Waals surface area contributed by atoms with Crippen molar-refractivity contribution in [3.8, 4) is 5.75 Å². The number of ether oxygens (including phenoxy) is 1.